The maximum Gasteiger partial charge on any atom is 1.00 e. The Labute approximate surface area is 203 Å². The largest absolute Gasteiger partial charge is 1.00 e. The summed E-state index contributed by atoms with van der Waals surface area (Å²) in [4.78, 5) is 13.4. The van der Waals surface area contributed by atoms with E-state index in [0.717, 1.165) is 74.0 Å². The van der Waals surface area contributed by atoms with Gasteiger partial charge in [0.05, 0.1) is 0 Å². The summed E-state index contributed by atoms with van der Waals surface area (Å²) in [5.74, 6) is 4.73. The molecule has 9 rings (SSSR count). The van der Waals surface area contributed by atoms with Crippen molar-refractivity contribution >= 4 is 5.91 Å². The molecule has 5 heteroatoms. The summed E-state index contributed by atoms with van der Waals surface area (Å²) in [5.41, 5.74) is 1.13. The van der Waals surface area contributed by atoms with Crippen molar-refractivity contribution in [2.24, 2.45) is 35.5 Å². The van der Waals surface area contributed by atoms with Crippen LogP contribution in [0.25, 0.3) is 0 Å². The standard InChI is InChI=1S/C27H36N2O2.Li/c30-24(28-26-10-16-4-17(11-26)6-18(5-16)12-26)22-2-1-3-23(22)25(31)29-27-13-19-7-20(14-27)9-21(8-19)15-27;/h1-3,16-21,28,30H,4-15H2,(H,29,31);/q;+1/p-1. The van der Waals surface area contributed by atoms with Gasteiger partial charge in [0, 0.05) is 16.7 Å². The predicted octanol–water partition coefficient (Wildman–Crippen LogP) is 0.702. The second-order valence-electron chi connectivity index (χ2n) is 12.7. The number of carbonyl (C=O) groups excluding carboxylic acids is 1. The van der Waals surface area contributed by atoms with Crippen LogP contribution in [0.3, 0.4) is 0 Å². The van der Waals surface area contributed by atoms with E-state index in [9.17, 15) is 9.90 Å². The molecule has 9 aliphatic carbocycles. The molecule has 0 spiro atoms. The molecule has 0 radical (unpaired) electrons. The summed E-state index contributed by atoms with van der Waals surface area (Å²) in [6, 6.07) is 0. The normalized spacial score (nSPS) is 48.4. The summed E-state index contributed by atoms with van der Waals surface area (Å²) < 4.78 is 0. The number of rotatable bonds is 4. The molecule has 2 N–H and O–H groups in total. The van der Waals surface area contributed by atoms with E-state index in [-0.39, 0.29) is 41.7 Å². The molecule has 32 heavy (non-hydrogen) atoms. The molecule has 8 bridgehead atoms. The molecule has 0 aliphatic heterocycles. The van der Waals surface area contributed by atoms with Gasteiger partial charge < -0.3 is 15.7 Å². The molecule has 0 aromatic carbocycles. The Kier molecular flexibility index (Phi) is 4.98. The molecule has 0 atom stereocenters. The molecule has 1 amide bonds. The van der Waals surface area contributed by atoms with Gasteiger partial charge in [-0.05, 0) is 130 Å². The number of nitrogens with one attached hydrogen (secondary N) is 2. The van der Waals surface area contributed by atoms with Gasteiger partial charge in [0.15, 0.2) is 0 Å². The average molecular weight is 427 g/mol. The van der Waals surface area contributed by atoms with Gasteiger partial charge in [-0.25, -0.2) is 0 Å². The van der Waals surface area contributed by atoms with Crippen molar-refractivity contribution in [2.75, 3.05) is 0 Å². The monoisotopic (exact) mass is 426 g/mol. The molecular formula is C27H35LiN2O2. The minimum Gasteiger partial charge on any atom is -0.860 e. The quantitative estimate of drug-likeness (QED) is 0.514. The topological polar surface area (TPSA) is 64.2 Å². The first-order chi connectivity index (χ1) is 15.0. The zero-order valence-corrected chi connectivity index (χ0v) is 19.5. The third-order valence-corrected chi connectivity index (χ3v) is 10.1. The number of allylic oxidation sites excluding steroid dienone is 3. The van der Waals surface area contributed by atoms with Crippen LogP contribution in [0.15, 0.2) is 35.3 Å². The van der Waals surface area contributed by atoms with Gasteiger partial charge in [0.2, 0.25) is 0 Å². The van der Waals surface area contributed by atoms with Crippen LogP contribution in [-0.2, 0) is 4.79 Å². The second kappa shape index (κ2) is 7.44. The molecule has 0 aromatic rings. The number of amides is 1. The molecule has 8 fully saturated rings. The number of hydrogen-bond donors (Lipinski definition) is 2. The van der Waals surface area contributed by atoms with Crippen molar-refractivity contribution in [1.29, 1.82) is 0 Å². The van der Waals surface area contributed by atoms with Crippen LogP contribution in [0.1, 0.15) is 77.0 Å². The fourth-order valence-electron chi connectivity index (χ4n) is 9.96. The zero-order chi connectivity index (χ0) is 20.8. The number of hydrogen-bond acceptors (Lipinski definition) is 3. The van der Waals surface area contributed by atoms with Gasteiger partial charge in [-0.2, -0.15) is 0 Å². The smallest absolute Gasteiger partial charge is 0.860 e. The molecule has 0 unspecified atom stereocenters. The third-order valence-electron chi connectivity index (χ3n) is 10.1. The van der Waals surface area contributed by atoms with Crippen molar-refractivity contribution in [2.45, 2.75) is 88.1 Å². The van der Waals surface area contributed by atoms with Crippen LogP contribution in [0, 0.1) is 35.5 Å². The maximum atomic E-state index is 13.4. The van der Waals surface area contributed by atoms with E-state index in [0.29, 0.717) is 11.1 Å². The zero-order valence-electron chi connectivity index (χ0n) is 19.5. The van der Waals surface area contributed by atoms with E-state index >= 15 is 0 Å². The van der Waals surface area contributed by atoms with Crippen LogP contribution < -0.4 is 34.6 Å². The maximum absolute atomic E-state index is 13.4. The van der Waals surface area contributed by atoms with Crippen LogP contribution in [0.2, 0.25) is 0 Å². The minimum absolute atomic E-state index is 0. The SMILES string of the molecule is O=C(NC12CC3CC(CC(C3)C1)C2)C1=CC=CC1=C([O-])NC12CC3CC(CC(C3)C1)C2.[Li+]. The Morgan fingerprint density at radius 1 is 0.750 bits per heavy atom. The summed E-state index contributed by atoms with van der Waals surface area (Å²) in [6.45, 7) is 0. The van der Waals surface area contributed by atoms with Crippen LogP contribution in [0.5, 0.6) is 0 Å². The van der Waals surface area contributed by atoms with Crippen molar-refractivity contribution in [3.8, 4) is 0 Å². The van der Waals surface area contributed by atoms with Gasteiger partial charge in [-0.3, -0.25) is 4.79 Å². The fourth-order valence-corrected chi connectivity index (χ4v) is 9.96. The van der Waals surface area contributed by atoms with E-state index in [2.05, 4.69) is 10.6 Å². The molecule has 166 valence electrons. The van der Waals surface area contributed by atoms with E-state index in [4.69, 9.17) is 0 Å². The van der Waals surface area contributed by atoms with Gasteiger partial charge in [0.25, 0.3) is 5.91 Å². The number of carbonyl (C=O) groups is 1. The predicted molar refractivity (Wildman–Crippen MR) is 117 cm³/mol. The molecule has 0 saturated heterocycles. The minimum atomic E-state index is -0.0254. The molecule has 9 aliphatic rings. The Morgan fingerprint density at radius 2 is 1.16 bits per heavy atom. The van der Waals surface area contributed by atoms with Gasteiger partial charge in [-0.1, -0.05) is 12.2 Å². The second-order valence-corrected chi connectivity index (χ2v) is 12.7. The summed E-state index contributed by atoms with van der Waals surface area (Å²) in [6.07, 6.45) is 20.6. The average Bonchev–Trinajstić information content (AvgIpc) is 3.15. The van der Waals surface area contributed by atoms with Crippen LogP contribution >= 0.6 is 0 Å². The van der Waals surface area contributed by atoms with Crippen molar-refractivity contribution in [3.05, 3.63) is 35.3 Å². The molecule has 0 aromatic heterocycles. The van der Waals surface area contributed by atoms with Crippen molar-refractivity contribution in [3.63, 3.8) is 0 Å². The Bertz CT molecular complexity index is 846. The van der Waals surface area contributed by atoms with E-state index in [1.54, 1.807) is 0 Å². The van der Waals surface area contributed by atoms with Gasteiger partial charge in [-0.15, -0.1) is 0 Å². The summed E-state index contributed by atoms with van der Waals surface area (Å²) in [7, 11) is 0. The van der Waals surface area contributed by atoms with Crippen LogP contribution in [-0.4, -0.2) is 17.0 Å². The molecular weight excluding hydrogens is 391 g/mol. The summed E-state index contributed by atoms with van der Waals surface area (Å²) in [5, 5.41) is 20.3. The van der Waals surface area contributed by atoms with E-state index in [1.807, 2.05) is 18.2 Å². The first kappa shape index (κ1) is 21.4. The van der Waals surface area contributed by atoms with Crippen molar-refractivity contribution < 1.29 is 28.8 Å². The van der Waals surface area contributed by atoms with Gasteiger partial charge in [0.1, 0.15) is 0 Å². The Hall–Kier alpha value is -1.11. The first-order valence-electron chi connectivity index (χ1n) is 12.9. The van der Waals surface area contributed by atoms with Crippen LogP contribution in [0.4, 0.5) is 0 Å². The van der Waals surface area contributed by atoms with Crippen molar-refractivity contribution in [1.82, 2.24) is 10.6 Å². The van der Waals surface area contributed by atoms with E-state index < -0.39 is 0 Å². The van der Waals surface area contributed by atoms with Gasteiger partial charge >= 0.3 is 18.9 Å². The molecule has 4 nitrogen and oxygen atoms in total. The Morgan fingerprint density at radius 3 is 1.59 bits per heavy atom. The summed E-state index contributed by atoms with van der Waals surface area (Å²) >= 11 is 0. The fraction of sp³-hybridized carbons (Fsp3) is 0.741. The molecule has 0 heterocycles. The third kappa shape index (κ3) is 3.43. The molecule has 8 saturated carbocycles. The Balaban J connectivity index is 0.00000196. The first-order valence-corrected chi connectivity index (χ1v) is 12.9. The van der Waals surface area contributed by atoms with E-state index in [1.165, 1.54) is 38.5 Å².